The van der Waals surface area contributed by atoms with Crippen LogP contribution in [0.2, 0.25) is 0 Å². The van der Waals surface area contributed by atoms with Crippen molar-refractivity contribution in [3.63, 3.8) is 0 Å². The molecule has 1 amide bonds. The Kier molecular flexibility index (Phi) is 5.28. The maximum atomic E-state index is 11.7. The molecule has 0 radical (unpaired) electrons. The minimum Gasteiger partial charge on any atom is -0.349 e. The standard InChI is InChI=1S/C14H23N3O/c1-11(12-6-5-8-15-10-12)17-13(18)7-9-16-14(2,3)4/h5-6,8,10-11,16H,7,9H2,1-4H3,(H,17,18)/t11-/m0/s1. The molecule has 0 aliphatic heterocycles. The Hall–Kier alpha value is -1.42. The summed E-state index contributed by atoms with van der Waals surface area (Å²) in [7, 11) is 0. The Morgan fingerprint density at radius 1 is 1.44 bits per heavy atom. The molecule has 1 rings (SSSR count). The van der Waals surface area contributed by atoms with Crippen LogP contribution in [-0.4, -0.2) is 23.0 Å². The number of aromatic nitrogens is 1. The Morgan fingerprint density at radius 3 is 2.72 bits per heavy atom. The third-order valence-electron chi connectivity index (χ3n) is 2.57. The lowest BCUT2D eigenvalue weighted by atomic mass is 10.1. The number of nitrogens with one attached hydrogen (secondary N) is 2. The Morgan fingerprint density at radius 2 is 2.17 bits per heavy atom. The first kappa shape index (κ1) is 14.6. The number of carbonyl (C=O) groups is 1. The van der Waals surface area contributed by atoms with Crippen molar-refractivity contribution >= 4 is 5.91 Å². The van der Waals surface area contributed by atoms with Crippen molar-refractivity contribution in [3.8, 4) is 0 Å². The lowest BCUT2D eigenvalue weighted by molar-refractivity contribution is -0.121. The molecule has 1 aromatic rings. The highest BCUT2D eigenvalue weighted by Crippen LogP contribution is 2.09. The highest BCUT2D eigenvalue weighted by atomic mass is 16.1. The Bertz CT molecular complexity index is 370. The molecule has 1 aromatic heterocycles. The third kappa shape index (κ3) is 5.77. The number of pyridine rings is 1. The molecule has 18 heavy (non-hydrogen) atoms. The van der Waals surface area contributed by atoms with E-state index in [-0.39, 0.29) is 17.5 Å². The zero-order valence-electron chi connectivity index (χ0n) is 11.7. The smallest absolute Gasteiger partial charge is 0.221 e. The molecule has 0 spiro atoms. The number of nitrogens with zero attached hydrogens (tertiary/aromatic N) is 1. The van der Waals surface area contributed by atoms with Crippen LogP contribution in [0.1, 0.15) is 45.7 Å². The van der Waals surface area contributed by atoms with Gasteiger partial charge in [-0.2, -0.15) is 0 Å². The largest absolute Gasteiger partial charge is 0.349 e. The van der Waals surface area contributed by atoms with Crippen LogP contribution < -0.4 is 10.6 Å². The molecule has 0 aliphatic rings. The molecule has 0 aliphatic carbocycles. The van der Waals surface area contributed by atoms with Crippen molar-refractivity contribution < 1.29 is 4.79 Å². The van der Waals surface area contributed by atoms with E-state index in [1.54, 1.807) is 12.4 Å². The third-order valence-corrected chi connectivity index (χ3v) is 2.57. The molecule has 0 aromatic carbocycles. The van der Waals surface area contributed by atoms with Crippen LogP contribution in [0.5, 0.6) is 0 Å². The van der Waals surface area contributed by atoms with E-state index < -0.39 is 0 Å². The molecule has 0 fully saturated rings. The summed E-state index contributed by atoms with van der Waals surface area (Å²) in [5.74, 6) is 0.0584. The topological polar surface area (TPSA) is 54.0 Å². The van der Waals surface area contributed by atoms with Crippen LogP contribution in [0.15, 0.2) is 24.5 Å². The van der Waals surface area contributed by atoms with Gasteiger partial charge < -0.3 is 10.6 Å². The summed E-state index contributed by atoms with van der Waals surface area (Å²) < 4.78 is 0. The molecule has 0 saturated heterocycles. The fourth-order valence-electron chi connectivity index (χ4n) is 1.58. The minimum atomic E-state index is 0.000775. The highest BCUT2D eigenvalue weighted by molar-refractivity contribution is 5.76. The Labute approximate surface area is 109 Å². The van der Waals surface area contributed by atoms with Crippen LogP contribution >= 0.6 is 0 Å². The highest BCUT2D eigenvalue weighted by Gasteiger charge is 2.12. The summed E-state index contributed by atoms with van der Waals surface area (Å²) in [6.45, 7) is 8.91. The molecule has 1 atom stereocenters. The van der Waals surface area contributed by atoms with Crippen LogP contribution in [-0.2, 0) is 4.79 Å². The second-order valence-electron chi connectivity index (χ2n) is 5.50. The SMILES string of the molecule is C[C@H](NC(=O)CCNC(C)(C)C)c1cccnc1. The maximum Gasteiger partial charge on any atom is 0.221 e. The number of hydrogen-bond donors (Lipinski definition) is 2. The van der Waals surface area contributed by atoms with Gasteiger partial charge in [0.2, 0.25) is 5.91 Å². The summed E-state index contributed by atoms with van der Waals surface area (Å²) in [4.78, 5) is 15.8. The van der Waals surface area contributed by atoms with Crippen molar-refractivity contribution in [1.82, 2.24) is 15.6 Å². The average Bonchev–Trinajstić information content (AvgIpc) is 2.28. The molecule has 1 heterocycles. The molecule has 0 unspecified atom stereocenters. The van der Waals surface area contributed by atoms with E-state index >= 15 is 0 Å². The van der Waals surface area contributed by atoms with E-state index in [0.29, 0.717) is 13.0 Å². The molecular formula is C14H23N3O. The van der Waals surface area contributed by atoms with Gasteiger partial charge in [-0.3, -0.25) is 9.78 Å². The summed E-state index contributed by atoms with van der Waals surface area (Å²) in [6, 6.07) is 3.84. The van der Waals surface area contributed by atoms with E-state index in [9.17, 15) is 4.79 Å². The molecule has 2 N–H and O–H groups in total. The van der Waals surface area contributed by atoms with Crippen LogP contribution in [0, 0.1) is 0 Å². The zero-order chi connectivity index (χ0) is 13.6. The fourth-order valence-corrected chi connectivity index (χ4v) is 1.58. The predicted octanol–water partition coefficient (Wildman–Crippen LogP) is 2.04. The first-order valence-corrected chi connectivity index (χ1v) is 6.33. The summed E-state index contributed by atoms with van der Waals surface area (Å²) in [5.41, 5.74) is 1.07. The second kappa shape index (κ2) is 6.50. The zero-order valence-corrected chi connectivity index (χ0v) is 11.7. The van der Waals surface area contributed by atoms with Gasteiger partial charge in [0.05, 0.1) is 6.04 Å². The van der Waals surface area contributed by atoms with Gasteiger partial charge in [0.25, 0.3) is 0 Å². The van der Waals surface area contributed by atoms with Gasteiger partial charge in [-0.15, -0.1) is 0 Å². The van der Waals surface area contributed by atoms with Crippen LogP contribution in [0.3, 0.4) is 0 Å². The number of amides is 1. The van der Waals surface area contributed by atoms with Gasteiger partial charge in [0.15, 0.2) is 0 Å². The second-order valence-corrected chi connectivity index (χ2v) is 5.50. The van der Waals surface area contributed by atoms with E-state index in [1.165, 1.54) is 0 Å². The van der Waals surface area contributed by atoms with Gasteiger partial charge in [-0.25, -0.2) is 0 Å². The van der Waals surface area contributed by atoms with Crippen molar-refractivity contribution in [3.05, 3.63) is 30.1 Å². The molecule has 0 bridgehead atoms. The van der Waals surface area contributed by atoms with E-state index in [1.807, 2.05) is 19.1 Å². The monoisotopic (exact) mass is 249 g/mol. The average molecular weight is 249 g/mol. The number of rotatable bonds is 5. The van der Waals surface area contributed by atoms with Crippen LogP contribution in [0.25, 0.3) is 0 Å². The van der Waals surface area contributed by atoms with Crippen molar-refractivity contribution in [2.75, 3.05) is 6.54 Å². The van der Waals surface area contributed by atoms with Gasteiger partial charge >= 0.3 is 0 Å². The van der Waals surface area contributed by atoms with Gasteiger partial charge in [0, 0.05) is 30.9 Å². The predicted molar refractivity (Wildman–Crippen MR) is 73.2 cm³/mol. The fraction of sp³-hybridized carbons (Fsp3) is 0.571. The molecule has 4 heteroatoms. The molecule has 0 saturated carbocycles. The van der Waals surface area contributed by atoms with Gasteiger partial charge in [-0.1, -0.05) is 6.07 Å². The van der Waals surface area contributed by atoms with Crippen molar-refractivity contribution in [2.45, 2.75) is 45.7 Å². The molecular weight excluding hydrogens is 226 g/mol. The molecule has 4 nitrogen and oxygen atoms in total. The van der Waals surface area contributed by atoms with Gasteiger partial charge in [-0.05, 0) is 39.3 Å². The van der Waals surface area contributed by atoms with Crippen molar-refractivity contribution in [1.29, 1.82) is 0 Å². The van der Waals surface area contributed by atoms with Crippen molar-refractivity contribution in [2.24, 2.45) is 0 Å². The quantitative estimate of drug-likeness (QED) is 0.839. The lowest BCUT2D eigenvalue weighted by Gasteiger charge is -2.20. The Balaban J connectivity index is 2.32. The minimum absolute atomic E-state index is 0.000775. The lowest BCUT2D eigenvalue weighted by Crippen LogP contribution is -2.38. The van der Waals surface area contributed by atoms with Gasteiger partial charge in [0.1, 0.15) is 0 Å². The van der Waals surface area contributed by atoms with Crippen LogP contribution in [0.4, 0.5) is 0 Å². The first-order chi connectivity index (χ1) is 8.38. The summed E-state index contributed by atoms with van der Waals surface area (Å²) >= 11 is 0. The van der Waals surface area contributed by atoms with E-state index in [0.717, 1.165) is 5.56 Å². The summed E-state index contributed by atoms with van der Waals surface area (Å²) in [5, 5.41) is 6.26. The first-order valence-electron chi connectivity index (χ1n) is 6.33. The van der Waals surface area contributed by atoms with E-state index in [2.05, 4.69) is 36.4 Å². The summed E-state index contributed by atoms with van der Waals surface area (Å²) in [6.07, 6.45) is 3.99. The molecule has 100 valence electrons. The normalized spacial score (nSPS) is 13.1. The van der Waals surface area contributed by atoms with E-state index in [4.69, 9.17) is 0 Å². The number of hydrogen-bond acceptors (Lipinski definition) is 3. The maximum absolute atomic E-state index is 11.7. The number of carbonyl (C=O) groups excluding carboxylic acids is 1.